The van der Waals surface area contributed by atoms with Gasteiger partial charge in [-0.2, -0.15) is 13.2 Å². The van der Waals surface area contributed by atoms with Crippen LogP contribution in [-0.4, -0.2) is 47.3 Å². The van der Waals surface area contributed by atoms with E-state index in [1.807, 2.05) is 7.05 Å². The van der Waals surface area contributed by atoms with Crippen molar-refractivity contribution in [3.05, 3.63) is 29.6 Å². The van der Waals surface area contributed by atoms with Gasteiger partial charge in [-0.1, -0.05) is 6.07 Å². The third kappa shape index (κ3) is 2.65. The van der Waals surface area contributed by atoms with Gasteiger partial charge in [0.2, 0.25) is 0 Å². The molecule has 1 aromatic rings. The van der Waals surface area contributed by atoms with Gasteiger partial charge in [0.15, 0.2) is 0 Å². The largest absolute Gasteiger partial charge is 0.433 e. The highest BCUT2D eigenvalue weighted by atomic mass is 19.4. The maximum absolute atomic E-state index is 12.8. The van der Waals surface area contributed by atoms with E-state index in [9.17, 15) is 18.3 Å². The van der Waals surface area contributed by atoms with E-state index in [1.54, 1.807) is 0 Å². The number of rotatable bonds is 1. The molecule has 0 amide bonds. The lowest BCUT2D eigenvalue weighted by Crippen LogP contribution is -2.59. The van der Waals surface area contributed by atoms with Crippen LogP contribution in [0.3, 0.4) is 0 Å². The first kappa shape index (κ1) is 14.7. The van der Waals surface area contributed by atoms with E-state index >= 15 is 0 Å². The van der Waals surface area contributed by atoms with Crippen molar-refractivity contribution in [1.82, 2.24) is 9.88 Å². The van der Waals surface area contributed by atoms with Crippen molar-refractivity contribution in [3.8, 4) is 0 Å². The Kier molecular flexibility index (Phi) is 3.46. The molecule has 2 atom stereocenters. The monoisotopic (exact) mass is 302 g/mol. The Morgan fingerprint density at radius 2 is 1.90 bits per heavy atom. The molecule has 1 N–H and O–H groups in total. The van der Waals surface area contributed by atoms with Gasteiger partial charge in [0.25, 0.3) is 0 Å². The van der Waals surface area contributed by atoms with Crippen molar-refractivity contribution < 1.29 is 23.0 Å². The van der Waals surface area contributed by atoms with E-state index in [0.29, 0.717) is 26.1 Å². The first-order valence-electron chi connectivity index (χ1n) is 6.86. The Bertz CT molecular complexity index is 521. The molecule has 1 aromatic heterocycles. The number of piperidine rings is 1. The first-order chi connectivity index (χ1) is 9.79. The Hall–Kier alpha value is -1.18. The number of nitrogens with zero attached hydrogens (tertiary/aromatic N) is 2. The summed E-state index contributed by atoms with van der Waals surface area (Å²) in [4.78, 5) is 5.79. The van der Waals surface area contributed by atoms with Crippen molar-refractivity contribution in [2.75, 3.05) is 20.3 Å². The molecule has 0 spiro atoms. The molecule has 7 heteroatoms. The Morgan fingerprint density at radius 3 is 2.48 bits per heavy atom. The SMILES string of the molecule is CN1C2COCC1CC(O)(c1cccc(C(F)(F)F)n1)C2. The maximum Gasteiger partial charge on any atom is 0.433 e. The van der Waals surface area contributed by atoms with E-state index in [-0.39, 0.29) is 17.8 Å². The highest BCUT2D eigenvalue weighted by Crippen LogP contribution is 2.40. The van der Waals surface area contributed by atoms with Gasteiger partial charge in [-0.3, -0.25) is 4.90 Å². The number of morpholine rings is 1. The number of fused-ring (bicyclic) bond motifs is 2. The predicted molar refractivity (Wildman–Crippen MR) is 68.5 cm³/mol. The zero-order valence-corrected chi connectivity index (χ0v) is 11.6. The van der Waals surface area contributed by atoms with Gasteiger partial charge < -0.3 is 9.84 Å². The van der Waals surface area contributed by atoms with Crippen LogP contribution in [0.5, 0.6) is 0 Å². The van der Waals surface area contributed by atoms with E-state index in [2.05, 4.69) is 9.88 Å². The molecule has 116 valence electrons. The fraction of sp³-hybridized carbons (Fsp3) is 0.643. The van der Waals surface area contributed by atoms with Crippen molar-refractivity contribution in [3.63, 3.8) is 0 Å². The van der Waals surface area contributed by atoms with Crippen LogP contribution in [0, 0.1) is 0 Å². The highest BCUT2D eigenvalue weighted by molar-refractivity contribution is 5.21. The Labute approximate surface area is 120 Å². The molecule has 2 bridgehead atoms. The zero-order valence-electron chi connectivity index (χ0n) is 11.6. The van der Waals surface area contributed by atoms with Crippen molar-refractivity contribution >= 4 is 0 Å². The minimum Gasteiger partial charge on any atom is -0.383 e. The average molecular weight is 302 g/mol. The van der Waals surface area contributed by atoms with Crippen LogP contribution in [0.25, 0.3) is 0 Å². The van der Waals surface area contributed by atoms with Gasteiger partial charge in [0.1, 0.15) is 11.3 Å². The number of hydrogen-bond acceptors (Lipinski definition) is 4. The van der Waals surface area contributed by atoms with Gasteiger partial charge >= 0.3 is 6.18 Å². The Morgan fingerprint density at radius 1 is 1.29 bits per heavy atom. The molecule has 4 nitrogen and oxygen atoms in total. The molecule has 0 aromatic carbocycles. The van der Waals surface area contributed by atoms with Crippen molar-refractivity contribution in [2.45, 2.75) is 36.7 Å². The lowest BCUT2D eigenvalue weighted by Gasteiger charge is -2.50. The number of pyridine rings is 1. The third-order valence-corrected chi connectivity index (χ3v) is 4.44. The first-order valence-corrected chi connectivity index (χ1v) is 6.86. The second-order valence-electron chi connectivity index (χ2n) is 5.86. The molecular weight excluding hydrogens is 285 g/mol. The molecule has 3 rings (SSSR count). The van der Waals surface area contributed by atoms with Crippen LogP contribution >= 0.6 is 0 Å². The number of likely N-dealkylation sites (N-methyl/N-ethyl adjacent to an activating group) is 1. The predicted octanol–water partition coefficient (Wildman–Crippen LogP) is 1.78. The van der Waals surface area contributed by atoms with Crippen molar-refractivity contribution in [2.24, 2.45) is 0 Å². The van der Waals surface area contributed by atoms with E-state index in [0.717, 1.165) is 6.07 Å². The summed E-state index contributed by atoms with van der Waals surface area (Å²) < 4.78 is 43.8. The van der Waals surface area contributed by atoms with Crippen LogP contribution < -0.4 is 0 Å². The molecule has 0 radical (unpaired) electrons. The van der Waals surface area contributed by atoms with Crippen LogP contribution in [0.15, 0.2) is 18.2 Å². The summed E-state index contributed by atoms with van der Waals surface area (Å²) in [5.41, 5.74) is -2.19. The standard InChI is InChI=1S/C14H17F3N2O2/c1-19-9-5-13(20,6-10(19)8-21-7-9)11-3-2-4-12(18-11)14(15,16)17/h2-4,9-10,20H,5-8H2,1H3. The molecule has 2 aliphatic heterocycles. The number of ether oxygens (including phenoxy) is 1. The smallest absolute Gasteiger partial charge is 0.383 e. The number of aromatic nitrogens is 1. The number of hydrogen-bond donors (Lipinski definition) is 1. The van der Waals surface area contributed by atoms with Gasteiger partial charge in [-0.05, 0) is 32.0 Å². The van der Waals surface area contributed by atoms with Gasteiger partial charge in [0.05, 0.1) is 18.9 Å². The summed E-state index contributed by atoms with van der Waals surface area (Å²) >= 11 is 0. The molecule has 0 saturated carbocycles. The summed E-state index contributed by atoms with van der Waals surface area (Å²) in [6.45, 7) is 0.961. The highest BCUT2D eigenvalue weighted by Gasteiger charge is 2.47. The lowest BCUT2D eigenvalue weighted by atomic mass is 9.79. The molecule has 3 heterocycles. The normalized spacial score (nSPS) is 34.0. The van der Waals surface area contributed by atoms with Crippen LogP contribution in [0.2, 0.25) is 0 Å². The molecule has 2 saturated heterocycles. The van der Waals surface area contributed by atoms with Crippen LogP contribution in [-0.2, 0) is 16.5 Å². The second kappa shape index (κ2) is 4.93. The lowest BCUT2D eigenvalue weighted by molar-refractivity contribution is -0.146. The quantitative estimate of drug-likeness (QED) is 0.859. The summed E-state index contributed by atoms with van der Waals surface area (Å²) in [7, 11) is 1.96. The fourth-order valence-corrected chi connectivity index (χ4v) is 3.20. The summed E-state index contributed by atoms with van der Waals surface area (Å²) in [6.07, 6.45) is -3.85. The van der Waals surface area contributed by atoms with E-state index in [4.69, 9.17) is 4.74 Å². The zero-order chi connectivity index (χ0) is 15.3. The topological polar surface area (TPSA) is 45.6 Å². The minimum absolute atomic E-state index is 0.00107. The molecule has 0 aliphatic carbocycles. The summed E-state index contributed by atoms with van der Waals surface area (Å²) in [5.74, 6) is 0. The van der Waals surface area contributed by atoms with Crippen molar-refractivity contribution in [1.29, 1.82) is 0 Å². The number of halogens is 3. The van der Waals surface area contributed by atoms with Gasteiger partial charge in [-0.25, -0.2) is 4.98 Å². The van der Waals surface area contributed by atoms with Gasteiger partial charge in [-0.15, -0.1) is 0 Å². The van der Waals surface area contributed by atoms with E-state index < -0.39 is 17.5 Å². The minimum atomic E-state index is -4.50. The van der Waals surface area contributed by atoms with Crippen LogP contribution in [0.4, 0.5) is 13.2 Å². The Balaban J connectivity index is 1.93. The maximum atomic E-state index is 12.8. The molecule has 2 fully saturated rings. The molecule has 2 unspecified atom stereocenters. The van der Waals surface area contributed by atoms with Gasteiger partial charge in [0, 0.05) is 12.1 Å². The second-order valence-corrected chi connectivity index (χ2v) is 5.86. The fourth-order valence-electron chi connectivity index (χ4n) is 3.20. The van der Waals surface area contributed by atoms with E-state index in [1.165, 1.54) is 12.1 Å². The molecular formula is C14H17F3N2O2. The third-order valence-electron chi connectivity index (χ3n) is 4.44. The van der Waals surface area contributed by atoms with Crippen LogP contribution in [0.1, 0.15) is 24.2 Å². The summed E-state index contributed by atoms with van der Waals surface area (Å²) in [5, 5.41) is 10.8. The average Bonchev–Trinajstić information content (AvgIpc) is 2.40. The number of aliphatic hydroxyl groups is 1. The molecule has 2 aliphatic rings. The molecule has 21 heavy (non-hydrogen) atoms. The number of alkyl halides is 3. The summed E-state index contributed by atoms with van der Waals surface area (Å²) in [6, 6.07) is 3.69.